The lowest BCUT2D eigenvalue weighted by atomic mass is 10.0. The van der Waals surface area contributed by atoms with Crippen LogP contribution in [0.4, 0.5) is 0 Å². The van der Waals surface area contributed by atoms with Crippen LogP contribution in [0.15, 0.2) is 30.3 Å². The number of hydrogen-bond acceptors (Lipinski definition) is 5. The predicted octanol–water partition coefficient (Wildman–Crippen LogP) is 1.14. The third-order valence-electron chi connectivity index (χ3n) is 4.76. The molecule has 2 aliphatic heterocycles. The van der Waals surface area contributed by atoms with Gasteiger partial charge in [-0.3, -0.25) is 4.79 Å². The molecule has 1 atom stereocenters. The number of benzene rings is 1. The molecule has 0 saturated carbocycles. The average molecular weight is 348 g/mol. The minimum Gasteiger partial charge on any atom is -0.493 e. The molecule has 138 valence electrons. The number of ether oxygens (including phenoxy) is 2. The number of rotatable bonds is 6. The van der Waals surface area contributed by atoms with Gasteiger partial charge in [-0.15, -0.1) is 0 Å². The maximum Gasteiger partial charge on any atom is 0.226 e. The molecular weight excluding hydrogens is 320 g/mol. The van der Waals surface area contributed by atoms with Crippen molar-refractivity contribution in [1.29, 1.82) is 0 Å². The van der Waals surface area contributed by atoms with Crippen LogP contribution in [-0.4, -0.2) is 79.0 Å². The van der Waals surface area contributed by atoms with Gasteiger partial charge in [0.2, 0.25) is 5.91 Å². The van der Waals surface area contributed by atoms with E-state index >= 15 is 0 Å². The summed E-state index contributed by atoms with van der Waals surface area (Å²) in [6, 6.07) is 9.48. The highest BCUT2D eigenvalue weighted by atomic mass is 16.5. The highest BCUT2D eigenvalue weighted by Gasteiger charge is 2.36. The van der Waals surface area contributed by atoms with Crippen LogP contribution in [0.1, 0.15) is 19.3 Å². The lowest BCUT2D eigenvalue weighted by molar-refractivity contribution is -0.135. The van der Waals surface area contributed by atoms with Crippen molar-refractivity contribution in [3.8, 4) is 5.75 Å². The molecule has 6 heteroatoms. The maximum atomic E-state index is 12.5. The summed E-state index contributed by atoms with van der Waals surface area (Å²) in [6.07, 6.45) is 2.65. The molecule has 25 heavy (non-hydrogen) atoms. The number of hydrogen-bond donors (Lipinski definition) is 1. The van der Waals surface area contributed by atoms with Crippen LogP contribution in [0, 0.1) is 0 Å². The van der Waals surface area contributed by atoms with E-state index in [0.29, 0.717) is 39.3 Å². The number of β-amino-alcohol motifs (C(OH)–C–C–N with tert-alkyl or cyclic N) is 1. The van der Waals surface area contributed by atoms with Crippen LogP contribution in [0.3, 0.4) is 0 Å². The van der Waals surface area contributed by atoms with Gasteiger partial charge in [0.1, 0.15) is 11.4 Å². The molecule has 2 heterocycles. The van der Waals surface area contributed by atoms with E-state index in [1.54, 1.807) is 4.90 Å². The second kappa shape index (κ2) is 8.65. The Kier molecular flexibility index (Phi) is 6.29. The molecule has 0 aliphatic carbocycles. The van der Waals surface area contributed by atoms with Gasteiger partial charge in [0, 0.05) is 13.1 Å². The Bertz CT molecular complexity index is 548. The van der Waals surface area contributed by atoms with Crippen LogP contribution in [0.5, 0.6) is 5.75 Å². The Morgan fingerprint density at radius 2 is 1.96 bits per heavy atom. The highest BCUT2D eigenvalue weighted by molar-refractivity contribution is 5.76. The Morgan fingerprint density at radius 3 is 2.72 bits per heavy atom. The summed E-state index contributed by atoms with van der Waals surface area (Å²) < 4.78 is 11.2. The molecule has 0 bridgehead atoms. The van der Waals surface area contributed by atoms with Gasteiger partial charge in [-0.25, -0.2) is 0 Å². The molecule has 6 nitrogen and oxygen atoms in total. The standard InChI is InChI=1S/C19H28N2O4/c22-18(8-12-25-17-6-2-1-3-7-17)21-11-13-24-16-19(23,15-21)14-20-9-4-5-10-20/h1-3,6-7,23H,4-5,8-16H2/t19-/m0/s1. The van der Waals surface area contributed by atoms with Gasteiger partial charge in [0.05, 0.1) is 32.8 Å². The van der Waals surface area contributed by atoms with Gasteiger partial charge in [0.25, 0.3) is 0 Å². The van der Waals surface area contributed by atoms with Crippen molar-refractivity contribution in [2.75, 3.05) is 52.5 Å². The van der Waals surface area contributed by atoms with Crippen molar-refractivity contribution in [1.82, 2.24) is 9.80 Å². The Hall–Kier alpha value is -1.63. The van der Waals surface area contributed by atoms with Gasteiger partial charge in [-0.1, -0.05) is 18.2 Å². The normalized spacial score (nSPS) is 24.9. The zero-order valence-electron chi connectivity index (χ0n) is 14.7. The van der Waals surface area contributed by atoms with E-state index in [1.165, 1.54) is 12.8 Å². The minimum atomic E-state index is -0.989. The summed E-state index contributed by atoms with van der Waals surface area (Å²) in [7, 11) is 0. The fourth-order valence-electron chi connectivity index (χ4n) is 3.51. The SMILES string of the molecule is O=C(CCOc1ccccc1)N1CCOC[C@](O)(CN2CCCC2)C1. The molecule has 0 unspecified atom stereocenters. The van der Waals surface area contributed by atoms with Crippen molar-refractivity contribution in [3.05, 3.63) is 30.3 Å². The number of carbonyl (C=O) groups excluding carboxylic acids is 1. The van der Waals surface area contributed by atoms with E-state index in [9.17, 15) is 9.90 Å². The summed E-state index contributed by atoms with van der Waals surface area (Å²) in [6.45, 7) is 4.53. The molecule has 2 aliphatic rings. The first-order valence-electron chi connectivity index (χ1n) is 9.13. The van der Waals surface area contributed by atoms with Gasteiger partial charge >= 0.3 is 0 Å². The number of nitrogens with zero attached hydrogens (tertiary/aromatic N) is 2. The molecule has 2 fully saturated rings. The summed E-state index contributed by atoms with van der Waals surface area (Å²) >= 11 is 0. The number of para-hydroxylation sites is 1. The third-order valence-corrected chi connectivity index (χ3v) is 4.76. The molecule has 1 N–H and O–H groups in total. The first-order valence-corrected chi connectivity index (χ1v) is 9.13. The summed E-state index contributed by atoms with van der Waals surface area (Å²) in [5.74, 6) is 0.765. The molecule has 1 amide bonds. The van der Waals surface area contributed by atoms with Crippen molar-refractivity contribution >= 4 is 5.91 Å². The monoisotopic (exact) mass is 348 g/mol. The Balaban J connectivity index is 1.50. The van der Waals surface area contributed by atoms with E-state index < -0.39 is 5.60 Å². The van der Waals surface area contributed by atoms with Crippen molar-refractivity contribution < 1.29 is 19.4 Å². The lowest BCUT2D eigenvalue weighted by Gasteiger charge is -2.34. The van der Waals surface area contributed by atoms with Gasteiger partial charge < -0.3 is 24.4 Å². The van der Waals surface area contributed by atoms with Crippen LogP contribution in [0.2, 0.25) is 0 Å². The highest BCUT2D eigenvalue weighted by Crippen LogP contribution is 2.18. The van der Waals surface area contributed by atoms with E-state index in [1.807, 2.05) is 30.3 Å². The van der Waals surface area contributed by atoms with Gasteiger partial charge in [0.15, 0.2) is 0 Å². The van der Waals surface area contributed by atoms with E-state index in [-0.39, 0.29) is 12.5 Å². The van der Waals surface area contributed by atoms with E-state index in [2.05, 4.69) is 4.90 Å². The van der Waals surface area contributed by atoms with E-state index in [0.717, 1.165) is 18.8 Å². The zero-order valence-corrected chi connectivity index (χ0v) is 14.7. The molecule has 1 aromatic carbocycles. The van der Waals surface area contributed by atoms with Gasteiger partial charge in [-0.2, -0.15) is 0 Å². The summed E-state index contributed by atoms with van der Waals surface area (Å²) in [5.41, 5.74) is -0.989. The van der Waals surface area contributed by atoms with Crippen molar-refractivity contribution in [3.63, 3.8) is 0 Å². The first kappa shape index (κ1) is 18.2. The lowest BCUT2D eigenvalue weighted by Crippen LogP contribution is -2.53. The first-order chi connectivity index (χ1) is 12.1. The van der Waals surface area contributed by atoms with Crippen LogP contribution >= 0.6 is 0 Å². The largest absolute Gasteiger partial charge is 0.493 e. The van der Waals surface area contributed by atoms with Crippen LogP contribution in [0.25, 0.3) is 0 Å². The molecule has 0 radical (unpaired) electrons. The Labute approximate surface area is 149 Å². The van der Waals surface area contributed by atoms with Crippen molar-refractivity contribution in [2.24, 2.45) is 0 Å². The fourth-order valence-corrected chi connectivity index (χ4v) is 3.51. The minimum absolute atomic E-state index is 0.00118. The quantitative estimate of drug-likeness (QED) is 0.835. The number of aliphatic hydroxyl groups is 1. The number of amides is 1. The van der Waals surface area contributed by atoms with Gasteiger partial charge in [-0.05, 0) is 38.1 Å². The number of carbonyl (C=O) groups is 1. The zero-order chi connectivity index (χ0) is 17.5. The number of likely N-dealkylation sites (tertiary alicyclic amines) is 1. The summed E-state index contributed by atoms with van der Waals surface area (Å²) in [5, 5.41) is 10.9. The Morgan fingerprint density at radius 1 is 1.20 bits per heavy atom. The molecular formula is C19H28N2O4. The third kappa shape index (κ3) is 5.42. The molecule has 1 aromatic rings. The molecule has 0 spiro atoms. The second-order valence-corrected chi connectivity index (χ2v) is 6.99. The smallest absolute Gasteiger partial charge is 0.226 e. The second-order valence-electron chi connectivity index (χ2n) is 6.99. The topological polar surface area (TPSA) is 62.2 Å². The summed E-state index contributed by atoms with van der Waals surface area (Å²) in [4.78, 5) is 16.5. The molecule has 3 rings (SSSR count). The van der Waals surface area contributed by atoms with Crippen molar-refractivity contribution in [2.45, 2.75) is 24.9 Å². The average Bonchev–Trinajstić information content (AvgIpc) is 3.03. The van der Waals surface area contributed by atoms with Crippen LogP contribution < -0.4 is 4.74 Å². The van der Waals surface area contributed by atoms with Crippen LogP contribution in [-0.2, 0) is 9.53 Å². The maximum absolute atomic E-state index is 12.5. The molecule has 0 aromatic heterocycles. The molecule has 2 saturated heterocycles. The van der Waals surface area contributed by atoms with E-state index in [4.69, 9.17) is 9.47 Å². The fraction of sp³-hybridized carbons (Fsp3) is 0.632. The predicted molar refractivity (Wildman–Crippen MR) is 94.6 cm³/mol.